The molecule has 4 heteroatoms. The number of nitrogens with zero attached hydrogens (tertiary/aromatic N) is 3. The number of anilines is 2. The summed E-state index contributed by atoms with van der Waals surface area (Å²) in [5.41, 5.74) is 3.34. The zero-order valence-electron chi connectivity index (χ0n) is 10.8. The number of rotatable bonds is 2. The van der Waals surface area contributed by atoms with Gasteiger partial charge in [-0.3, -0.25) is 0 Å². The van der Waals surface area contributed by atoms with E-state index >= 15 is 0 Å². The average Bonchev–Trinajstić information content (AvgIpc) is 3.15. The summed E-state index contributed by atoms with van der Waals surface area (Å²) in [7, 11) is 4.22. The molecule has 0 atom stereocenters. The molecular formula is C14H17N3O. The van der Waals surface area contributed by atoms with Gasteiger partial charge >= 0.3 is 0 Å². The fourth-order valence-corrected chi connectivity index (χ4v) is 2.80. The van der Waals surface area contributed by atoms with Crippen molar-refractivity contribution in [2.24, 2.45) is 4.99 Å². The normalized spacial score (nSPS) is 20.1. The van der Waals surface area contributed by atoms with Gasteiger partial charge in [-0.25, -0.2) is 4.79 Å². The predicted octanol–water partition coefficient (Wildman–Crippen LogP) is 1.90. The first-order valence-corrected chi connectivity index (χ1v) is 6.33. The Hall–Kier alpha value is -1.80. The fourth-order valence-electron chi connectivity index (χ4n) is 2.80. The molecule has 1 aromatic carbocycles. The second-order valence-corrected chi connectivity index (χ2v) is 5.25. The van der Waals surface area contributed by atoms with Crippen molar-refractivity contribution >= 4 is 17.5 Å². The zero-order valence-corrected chi connectivity index (χ0v) is 10.8. The second-order valence-electron chi connectivity index (χ2n) is 5.25. The SMILES string of the molecule is CN1CCN(C)c2c1cccc2C1(N=C=O)CC1. The fraction of sp³-hybridized carbons (Fsp3) is 0.500. The highest BCUT2D eigenvalue weighted by molar-refractivity contribution is 5.78. The van der Waals surface area contributed by atoms with Crippen LogP contribution in [0.4, 0.5) is 11.4 Å². The molecule has 2 aliphatic rings. The van der Waals surface area contributed by atoms with E-state index in [1.54, 1.807) is 6.08 Å². The van der Waals surface area contributed by atoms with Crippen molar-refractivity contribution in [3.63, 3.8) is 0 Å². The summed E-state index contributed by atoms with van der Waals surface area (Å²) in [6.45, 7) is 2.03. The van der Waals surface area contributed by atoms with Gasteiger partial charge in [0.1, 0.15) is 5.54 Å². The first-order valence-electron chi connectivity index (χ1n) is 6.33. The number of hydrogen-bond acceptors (Lipinski definition) is 4. The number of para-hydroxylation sites is 1. The maximum atomic E-state index is 10.6. The molecule has 1 saturated carbocycles. The lowest BCUT2D eigenvalue weighted by Crippen LogP contribution is -2.38. The van der Waals surface area contributed by atoms with Crippen LogP contribution >= 0.6 is 0 Å². The third-order valence-electron chi connectivity index (χ3n) is 4.06. The smallest absolute Gasteiger partial charge is 0.235 e. The van der Waals surface area contributed by atoms with Crippen LogP contribution in [0.25, 0.3) is 0 Å². The number of aliphatic imine (C=N–C) groups is 1. The lowest BCUT2D eigenvalue weighted by molar-refractivity contribution is 0.556. The van der Waals surface area contributed by atoms with Gasteiger partial charge in [0.15, 0.2) is 0 Å². The van der Waals surface area contributed by atoms with E-state index in [2.05, 4.69) is 47.1 Å². The van der Waals surface area contributed by atoms with Crippen LogP contribution in [0.5, 0.6) is 0 Å². The van der Waals surface area contributed by atoms with Gasteiger partial charge in [0.25, 0.3) is 0 Å². The number of hydrogen-bond donors (Lipinski definition) is 0. The molecule has 1 aliphatic heterocycles. The third-order valence-corrected chi connectivity index (χ3v) is 4.06. The lowest BCUT2D eigenvalue weighted by Gasteiger charge is -2.37. The van der Waals surface area contributed by atoms with Gasteiger partial charge < -0.3 is 9.80 Å². The van der Waals surface area contributed by atoms with Crippen LogP contribution in [0, 0.1) is 0 Å². The van der Waals surface area contributed by atoms with E-state index in [1.165, 1.54) is 16.9 Å². The molecule has 1 aliphatic carbocycles. The molecule has 0 radical (unpaired) electrons. The van der Waals surface area contributed by atoms with Gasteiger partial charge in [0, 0.05) is 32.7 Å². The van der Waals surface area contributed by atoms with Crippen molar-refractivity contribution in [1.29, 1.82) is 0 Å². The summed E-state index contributed by atoms with van der Waals surface area (Å²) in [6, 6.07) is 6.29. The van der Waals surface area contributed by atoms with Crippen molar-refractivity contribution in [2.45, 2.75) is 18.4 Å². The van der Waals surface area contributed by atoms with E-state index in [4.69, 9.17) is 0 Å². The van der Waals surface area contributed by atoms with E-state index in [0.29, 0.717) is 0 Å². The summed E-state index contributed by atoms with van der Waals surface area (Å²) in [4.78, 5) is 19.2. The van der Waals surface area contributed by atoms with Crippen LogP contribution in [0.15, 0.2) is 23.2 Å². The highest BCUT2D eigenvalue weighted by atomic mass is 16.1. The molecule has 0 bridgehead atoms. The van der Waals surface area contributed by atoms with E-state index < -0.39 is 0 Å². The van der Waals surface area contributed by atoms with Crippen LogP contribution < -0.4 is 9.80 Å². The molecule has 3 rings (SSSR count). The standard InChI is InChI=1S/C14H17N3O/c1-16-8-9-17(2)13-11(4-3-5-12(13)16)14(6-7-14)15-10-18/h3-5H,6-9H2,1-2H3. The topological polar surface area (TPSA) is 35.9 Å². The molecular weight excluding hydrogens is 226 g/mol. The number of carbonyl (C=O) groups excluding carboxylic acids is 1. The molecule has 18 heavy (non-hydrogen) atoms. The quantitative estimate of drug-likeness (QED) is 0.588. The predicted molar refractivity (Wildman–Crippen MR) is 72.0 cm³/mol. The van der Waals surface area contributed by atoms with E-state index in [-0.39, 0.29) is 5.54 Å². The van der Waals surface area contributed by atoms with Crippen molar-refractivity contribution in [3.05, 3.63) is 23.8 Å². The molecule has 0 aromatic heterocycles. The molecule has 0 N–H and O–H groups in total. The Morgan fingerprint density at radius 2 is 1.94 bits per heavy atom. The van der Waals surface area contributed by atoms with Crippen molar-refractivity contribution < 1.29 is 4.79 Å². The third kappa shape index (κ3) is 1.53. The van der Waals surface area contributed by atoms with Crippen LogP contribution in [-0.4, -0.2) is 33.3 Å². The molecule has 1 heterocycles. The van der Waals surface area contributed by atoms with Crippen molar-refractivity contribution in [2.75, 3.05) is 37.0 Å². The van der Waals surface area contributed by atoms with Gasteiger partial charge in [-0.1, -0.05) is 12.1 Å². The van der Waals surface area contributed by atoms with Gasteiger partial charge in [0.05, 0.1) is 11.4 Å². The average molecular weight is 243 g/mol. The Morgan fingerprint density at radius 3 is 2.61 bits per heavy atom. The monoisotopic (exact) mass is 243 g/mol. The Kier molecular flexibility index (Phi) is 2.42. The first kappa shape index (κ1) is 11.3. The molecule has 0 spiro atoms. The first-order chi connectivity index (χ1) is 8.68. The van der Waals surface area contributed by atoms with E-state index in [1.807, 2.05) is 0 Å². The minimum atomic E-state index is -0.292. The molecule has 1 aromatic rings. The number of isocyanates is 1. The number of benzene rings is 1. The van der Waals surface area contributed by atoms with Crippen LogP contribution in [0.3, 0.4) is 0 Å². The van der Waals surface area contributed by atoms with Crippen LogP contribution in [0.2, 0.25) is 0 Å². The highest BCUT2D eigenvalue weighted by Crippen LogP contribution is 2.54. The molecule has 0 amide bonds. The van der Waals surface area contributed by atoms with Crippen LogP contribution in [0.1, 0.15) is 18.4 Å². The molecule has 1 fully saturated rings. The van der Waals surface area contributed by atoms with Gasteiger partial charge in [0.2, 0.25) is 6.08 Å². The summed E-state index contributed by atoms with van der Waals surface area (Å²) in [6.07, 6.45) is 3.65. The summed E-state index contributed by atoms with van der Waals surface area (Å²) >= 11 is 0. The van der Waals surface area contributed by atoms with E-state index in [9.17, 15) is 4.79 Å². The second kappa shape index (κ2) is 3.85. The van der Waals surface area contributed by atoms with Gasteiger partial charge in [-0.15, -0.1) is 0 Å². The van der Waals surface area contributed by atoms with Crippen LogP contribution in [-0.2, 0) is 10.3 Å². The van der Waals surface area contributed by atoms with E-state index in [0.717, 1.165) is 25.9 Å². The lowest BCUT2D eigenvalue weighted by atomic mass is 9.99. The largest absolute Gasteiger partial charge is 0.371 e. The number of likely N-dealkylation sites (N-methyl/N-ethyl adjacent to an activating group) is 2. The highest BCUT2D eigenvalue weighted by Gasteiger charge is 2.47. The summed E-state index contributed by atoms with van der Waals surface area (Å²) < 4.78 is 0. The zero-order chi connectivity index (χ0) is 12.8. The summed E-state index contributed by atoms with van der Waals surface area (Å²) in [5.74, 6) is 0. The molecule has 4 nitrogen and oxygen atoms in total. The summed E-state index contributed by atoms with van der Waals surface area (Å²) in [5, 5.41) is 0. The van der Waals surface area contributed by atoms with Gasteiger partial charge in [-0.2, -0.15) is 4.99 Å². The minimum Gasteiger partial charge on any atom is -0.371 e. The maximum Gasteiger partial charge on any atom is 0.235 e. The number of fused-ring (bicyclic) bond motifs is 1. The molecule has 0 unspecified atom stereocenters. The van der Waals surface area contributed by atoms with Crippen molar-refractivity contribution in [1.82, 2.24) is 0 Å². The maximum absolute atomic E-state index is 10.6. The molecule has 94 valence electrons. The Labute approximate surface area is 107 Å². The minimum absolute atomic E-state index is 0.292. The Bertz CT molecular complexity index is 530. The molecule has 0 saturated heterocycles. The van der Waals surface area contributed by atoms with Gasteiger partial charge in [-0.05, 0) is 18.9 Å². The Balaban J connectivity index is 2.17. The Morgan fingerprint density at radius 1 is 1.22 bits per heavy atom. The van der Waals surface area contributed by atoms with Crippen molar-refractivity contribution in [3.8, 4) is 0 Å².